The number of para-hydroxylation sites is 1. The van der Waals surface area contributed by atoms with Crippen LogP contribution in [0.1, 0.15) is 11.1 Å². The number of ether oxygens (including phenoxy) is 1. The average Bonchev–Trinajstić information content (AvgIpc) is 2.43. The van der Waals surface area contributed by atoms with E-state index in [1.807, 2.05) is 32.0 Å². The van der Waals surface area contributed by atoms with Crippen molar-refractivity contribution < 1.29 is 13.2 Å². The molecule has 0 aromatic heterocycles. The van der Waals surface area contributed by atoms with Crippen LogP contribution < -0.4 is 9.46 Å². The Kier molecular flexibility index (Phi) is 4.58. The first-order chi connectivity index (χ1) is 9.85. The molecule has 21 heavy (non-hydrogen) atoms. The van der Waals surface area contributed by atoms with E-state index in [1.54, 1.807) is 12.1 Å². The Balaban J connectivity index is 2.51. The number of anilines is 1. The van der Waals surface area contributed by atoms with Gasteiger partial charge in [0.25, 0.3) is 10.0 Å². The van der Waals surface area contributed by atoms with Crippen LogP contribution in [0.4, 0.5) is 5.69 Å². The average molecular weight is 370 g/mol. The summed E-state index contributed by atoms with van der Waals surface area (Å²) in [5.41, 5.74) is 2.33. The summed E-state index contributed by atoms with van der Waals surface area (Å²) in [5, 5.41) is 0. The van der Waals surface area contributed by atoms with Crippen molar-refractivity contribution >= 4 is 31.6 Å². The molecule has 0 radical (unpaired) electrons. The molecule has 0 saturated carbocycles. The zero-order chi connectivity index (χ0) is 15.6. The molecule has 0 aliphatic rings. The van der Waals surface area contributed by atoms with Gasteiger partial charge < -0.3 is 4.74 Å². The summed E-state index contributed by atoms with van der Waals surface area (Å²) >= 11 is 3.28. The molecule has 0 aliphatic heterocycles. The molecule has 0 saturated heterocycles. The first kappa shape index (κ1) is 15.9. The number of rotatable bonds is 4. The maximum Gasteiger partial charge on any atom is 0.265 e. The van der Waals surface area contributed by atoms with E-state index in [4.69, 9.17) is 4.74 Å². The van der Waals surface area contributed by atoms with E-state index >= 15 is 0 Å². The van der Waals surface area contributed by atoms with Crippen LogP contribution in [0.2, 0.25) is 0 Å². The first-order valence-corrected chi connectivity index (χ1v) is 8.55. The van der Waals surface area contributed by atoms with Gasteiger partial charge in [0.05, 0.1) is 12.8 Å². The molecule has 2 rings (SSSR count). The van der Waals surface area contributed by atoms with Crippen molar-refractivity contribution in [1.29, 1.82) is 0 Å². The SMILES string of the molecule is COc1ccc(Br)cc1S(=O)(=O)Nc1c(C)cccc1C. The highest BCUT2D eigenvalue weighted by atomic mass is 79.9. The van der Waals surface area contributed by atoms with E-state index in [0.29, 0.717) is 15.9 Å². The van der Waals surface area contributed by atoms with Gasteiger partial charge in [-0.2, -0.15) is 0 Å². The summed E-state index contributed by atoms with van der Waals surface area (Å²) in [6.07, 6.45) is 0. The monoisotopic (exact) mass is 369 g/mol. The standard InChI is InChI=1S/C15H16BrNO3S/c1-10-5-4-6-11(2)15(10)17-21(18,19)14-9-12(16)7-8-13(14)20-3/h4-9,17H,1-3H3. The molecule has 2 aromatic carbocycles. The molecule has 0 fully saturated rings. The second-order valence-electron chi connectivity index (χ2n) is 4.67. The molecular weight excluding hydrogens is 354 g/mol. The molecule has 0 spiro atoms. The number of halogens is 1. The van der Waals surface area contributed by atoms with Gasteiger partial charge in [-0.3, -0.25) is 4.72 Å². The lowest BCUT2D eigenvalue weighted by Gasteiger charge is -2.15. The Bertz CT molecular complexity index is 752. The maximum absolute atomic E-state index is 12.6. The number of hydrogen-bond acceptors (Lipinski definition) is 3. The zero-order valence-corrected chi connectivity index (χ0v) is 14.4. The highest BCUT2D eigenvalue weighted by Gasteiger charge is 2.21. The second-order valence-corrected chi connectivity index (χ2v) is 7.23. The van der Waals surface area contributed by atoms with Crippen molar-refractivity contribution in [2.24, 2.45) is 0 Å². The normalized spacial score (nSPS) is 11.2. The number of sulfonamides is 1. The van der Waals surface area contributed by atoms with Gasteiger partial charge in [-0.15, -0.1) is 0 Å². The van der Waals surface area contributed by atoms with E-state index in [0.717, 1.165) is 11.1 Å². The van der Waals surface area contributed by atoms with Gasteiger partial charge in [0.2, 0.25) is 0 Å². The molecule has 0 aliphatic carbocycles. The van der Waals surface area contributed by atoms with Gasteiger partial charge in [-0.25, -0.2) is 8.42 Å². The van der Waals surface area contributed by atoms with Gasteiger partial charge in [-0.1, -0.05) is 34.1 Å². The molecule has 0 bridgehead atoms. The zero-order valence-electron chi connectivity index (χ0n) is 12.0. The van der Waals surface area contributed by atoms with E-state index in [2.05, 4.69) is 20.7 Å². The predicted molar refractivity (Wildman–Crippen MR) is 87.4 cm³/mol. The van der Waals surface area contributed by atoms with Crippen LogP contribution in [0, 0.1) is 13.8 Å². The third-order valence-electron chi connectivity index (χ3n) is 3.13. The van der Waals surface area contributed by atoms with Gasteiger partial charge in [0, 0.05) is 4.47 Å². The van der Waals surface area contributed by atoms with Crippen molar-refractivity contribution in [3.63, 3.8) is 0 Å². The molecule has 0 amide bonds. The molecule has 0 heterocycles. The smallest absolute Gasteiger partial charge is 0.265 e. The largest absolute Gasteiger partial charge is 0.495 e. The van der Waals surface area contributed by atoms with Crippen molar-refractivity contribution in [2.45, 2.75) is 18.7 Å². The second kappa shape index (κ2) is 6.07. The number of benzene rings is 2. The number of aryl methyl sites for hydroxylation is 2. The van der Waals surface area contributed by atoms with E-state index in [-0.39, 0.29) is 4.90 Å². The summed E-state index contributed by atoms with van der Waals surface area (Å²) in [4.78, 5) is 0.0991. The molecule has 6 heteroatoms. The minimum Gasteiger partial charge on any atom is -0.495 e. The Labute approximate surface area is 133 Å². The Morgan fingerprint density at radius 2 is 1.71 bits per heavy atom. The number of methoxy groups -OCH3 is 1. The number of hydrogen-bond donors (Lipinski definition) is 1. The van der Waals surface area contributed by atoms with Crippen LogP contribution >= 0.6 is 15.9 Å². The Hall–Kier alpha value is -1.53. The lowest BCUT2D eigenvalue weighted by molar-refractivity contribution is 0.403. The third-order valence-corrected chi connectivity index (χ3v) is 5.00. The lowest BCUT2D eigenvalue weighted by Crippen LogP contribution is -2.15. The fourth-order valence-electron chi connectivity index (χ4n) is 2.03. The van der Waals surface area contributed by atoms with Gasteiger partial charge >= 0.3 is 0 Å². The van der Waals surface area contributed by atoms with Crippen LogP contribution in [0.5, 0.6) is 5.75 Å². The van der Waals surface area contributed by atoms with E-state index in [1.165, 1.54) is 13.2 Å². The van der Waals surface area contributed by atoms with Crippen LogP contribution in [0.15, 0.2) is 45.8 Å². The summed E-state index contributed by atoms with van der Waals surface area (Å²) in [7, 11) is -2.28. The van der Waals surface area contributed by atoms with Crippen molar-refractivity contribution in [1.82, 2.24) is 0 Å². The minimum absolute atomic E-state index is 0.0991. The topological polar surface area (TPSA) is 55.4 Å². The first-order valence-electron chi connectivity index (χ1n) is 6.27. The number of nitrogens with one attached hydrogen (secondary N) is 1. The van der Waals surface area contributed by atoms with Crippen molar-refractivity contribution in [3.05, 3.63) is 52.0 Å². The van der Waals surface area contributed by atoms with Crippen molar-refractivity contribution in [2.75, 3.05) is 11.8 Å². The maximum atomic E-state index is 12.6. The fourth-order valence-corrected chi connectivity index (χ4v) is 3.94. The minimum atomic E-state index is -3.73. The van der Waals surface area contributed by atoms with Crippen LogP contribution in [-0.2, 0) is 10.0 Å². The van der Waals surface area contributed by atoms with Gasteiger partial charge in [0.1, 0.15) is 10.6 Å². The summed E-state index contributed by atoms with van der Waals surface area (Å²) in [5.74, 6) is 0.303. The highest BCUT2D eigenvalue weighted by Crippen LogP contribution is 2.30. The summed E-state index contributed by atoms with van der Waals surface area (Å²) in [6.45, 7) is 3.73. The molecule has 0 unspecified atom stereocenters. The Morgan fingerprint density at radius 1 is 1.10 bits per heavy atom. The van der Waals surface area contributed by atoms with E-state index in [9.17, 15) is 8.42 Å². The molecule has 0 atom stereocenters. The van der Waals surface area contributed by atoms with Crippen LogP contribution in [-0.4, -0.2) is 15.5 Å². The third kappa shape index (κ3) is 3.39. The fraction of sp³-hybridized carbons (Fsp3) is 0.200. The Morgan fingerprint density at radius 3 is 2.29 bits per heavy atom. The summed E-state index contributed by atoms with van der Waals surface area (Å²) < 4.78 is 33.7. The van der Waals surface area contributed by atoms with Gasteiger partial charge in [0.15, 0.2) is 0 Å². The molecular formula is C15H16BrNO3S. The lowest BCUT2D eigenvalue weighted by atomic mass is 10.1. The highest BCUT2D eigenvalue weighted by molar-refractivity contribution is 9.10. The molecule has 1 N–H and O–H groups in total. The quantitative estimate of drug-likeness (QED) is 0.889. The van der Waals surface area contributed by atoms with Crippen LogP contribution in [0.3, 0.4) is 0 Å². The molecule has 4 nitrogen and oxygen atoms in total. The summed E-state index contributed by atoms with van der Waals surface area (Å²) in [6, 6.07) is 10.5. The molecule has 2 aromatic rings. The van der Waals surface area contributed by atoms with Crippen molar-refractivity contribution in [3.8, 4) is 5.75 Å². The molecule has 112 valence electrons. The van der Waals surface area contributed by atoms with Gasteiger partial charge in [-0.05, 0) is 43.2 Å². The predicted octanol–water partition coefficient (Wildman–Crippen LogP) is 3.88. The van der Waals surface area contributed by atoms with E-state index < -0.39 is 10.0 Å². The van der Waals surface area contributed by atoms with Crippen LogP contribution in [0.25, 0.3) is 0 Å².